The molecule has 2 aromatic carbocycles. The highest BCUT2D eigenvalue weighted by molar-refractivity contribution is 6.36. The van der Waals surface area contributed by atoms with Crippen molar-refractivity contribution in [2.24, 2.45) is 0 Å². The van der Waals surface area contributed by atoms with Gasteiger partial charge in [0.25, 0.3) is 0 Å². The number of carbonyl (C=O) groups excluding carboxylic acids is 1. The lowest BCUT2D eigenvalue weighted by Crippen LogP contribution is -2.22. The van der Waals surface area contributed by atoms with Gasteiger partial charge in [0.1, 0.15) is 5.75 Å². The van der Waals surface area contributed by atoms with Crippen LogP contribution in [-0.2, 0) is 15.8 Å². The van der Waals surface area contributed by atoms with E-state index in [0.29, 0.717) is 12.1 Å². The zero-order valence-electron chi connectivity index (χ0n) is 13.0. The summed E-state index contributed by atoms with van der Waals surface area (Å²) in [5, 5.41) is 10.4. The van der Waals surface area contributed by atoms with E-state index in [0.717, 1.165) is 30.3 Å². The van der Waals surface area contributed by atoms with Gasteiger partial charge in [-0.15, -0.1) is 13.2 Å². The largest absolute Gasteiger partial charge is 0.573 e. The number of anilines is 1. The van der Waals surface area contributed by atoms with Crippen LogP contribution in [0.2, 0.25) is 0 Å². The highest BCUT2D eigenvalue weighted by Crippen LogP contribution is 2.36. The summed E-state index contributed by atoms with van der Waals surface area (Å²) in [6.45, 7) is 0. The van der Waals surface area contributed by atoms with Gasteiger partial charge in [0.05, 0.1) is 5.56 Å². The maximum atomic E-state index is 12.9. The van der Waals surface area contributed by atoms with E-state index in [9.17, 15) is 35.9 Å². The second-order valence-electron chi connectivity index (χ2n) is 5.09. The molecule has 2 N–H and O–H groups in total. The van der Waals surface area contributed by atoms with Crippen LogP contribution >= 0.6 is 0 Å². The number of carboxylic acid groups (broad SMARTS) is 1. The predicted molar refractivity (Wildman–Crippen MR) is 79.8 cm³/mol. The molecule has 11 heteroatoms. The SMILES string of the molecule is O=C(O)C(=O)Nc1cc(C(F)(F)F)ccc1-c1ccc(OC(F)(F)F)cc1. The quantitative estimate of drug-likeness (QED) is 0.603. The molecule has 0 aliphatic carbocycles. The van der Waals surface area contributed by atoms with Crippen molar-refractivity contribution in [2.75, 3.05) is 5.32 Å². The molecule has 27 heavy (non-hydrogen) atoms. The minimum absolute atomic E-state index is 0.0313. The number of hydrogen-bond donors (Lipinski definition) is 2. The number of rotatable bonds is 3. The first-order valence-electron chi connectivity index (χ1n) is 6.98. The lowest BCUT2D eigenvalue weighted by Gasteiger charge is -2.15. The van der Waals surface area contributed by atoms with E-state index < -0.39 is 41.4 Å². The Balaban J connectivity index is 2.45. The van der Waals surface area contributed by atoms with E-state index in [4.69, 9.17) is 5.11 Å². The fourth-order valence-corrected chi connectivity index (χ4v) is 2.09. The lowest BCUT2D eigenvalue weighted by atomic mass is 10.0. The van der Waals surface area contributed by atoms with Crippen molar-refractivity contribution in [1.82, 2.24) is 0 Å². The van der Waals surface area contributed by atoms with E-state index >= 15 is 0 Å². The molecule has 0 heterocycles. The van der Waals surface area contributed by atoms with Crippen LogP contribution in [0, 0.1) is 0 Å². The molecule has 2 rings (SSSR count). The van der Waals surface area contributed by atoms with Gasteiger partial charge in [-0.25, -0.2) is 4.79 Å². The molecule has 0 atom stereocenters. The summed E-state index contributed by atoms with van der Waals surface area (Å²) in [7, 11) is 0. The highest BCUT2D eigenvalue weighted by atomic mass is 19.4. The Hall–Kier alpha value is -3.24. The third kappa shape index (κ3) is 5.36. The van der Waals surface area contributed by atoms with E-state index in [2.05, 4.69) is 4.74 Å². The van der Waals surface area contributed by atoms with Gasteiger partial charge in [-0.1, -0.05) is 18.2 Å². The van der Waals surface area contributed by atoms with Crippen LogP contribution in [0.15, 0.2) is 42.5 Å². The van der Waals surface area contributed by atoms with E-state index in [1.54, 1.807) is 0 Å². The molecule has 0 unspecified atom stereocenters. The number of amides is 1. The predicted octanol–water partition coefficient (Wildman–Crippen LogP) is 4.29. The summed E-state index contributed by atoms with van der Waals surface area (Å²) in [6.07, 6.45) is -9.68. The Labute approximate surface area is 147 Å². The third-order valence-corrected chi connectivity index (χ3v) is 3.19. The number of hydrogen-bond acceptors (Lipinski definition) is 3. The lowest BCUT2D eigenvalue weighted by molar-refractivity contribution is -0.274. The summed E-state index contributed by atoms with van der Waals surface area (Å²) >= 11 is 0. The smallest absolute Gasteiger partial charge is 0.474 e. The summed E-state index contributed by atoms with van der Waals surface area (Å²) in [6, 6.07) is 6.23. The Kier molecular flexibility index (Phi) is 5.33. The average Bonchev–Trinajstić information content (AvgIpc) is 2.53. The Morgan fingerprint density at radius 1 is 0.926 bits per heavy atom. The van der Waals surface area contributed by atoms with Crippen LogP contribution in [0.3, 0.4) is 0 Å². The molecule has 144 valence electrons. The molecular formula is C16H9F6NO4. The first-order valence-corrected chi connectivity index (χ1v) is 6.98. The number of aliphatic carboxylic acids is 1. The minimum Gasteiger partial charge on any atom is -0.474 e. The number of nitrogens with one attached hydrogen (secondary N) is 1. The zero-order valence-corrected chi connectivity index (χ0v) is 13.0. The number of benzene rings is 2. The summed E-state index contributed by atoms with van der Waals surface area (Å²) in [5.74, 6) is -4.06. The van der Waals surface area contributed by atoms with E-state index in [-0.39, 0.29) is 11.1 Å². The molecular weight excluding hydrogens is 384 g/mol. The first kappa shape index (κ1) is 20.1. The van der Waals surface area contributed by atoms with Crippen LogP contribution in [0.1, 0.15) is 5.56 Å². The van der Waals surface area contributed by atoms with Gasteiger partial charge >= 0.3 is 24.4 Å². The number of halogens is 6. The van der Waals surface area contributed by atoms with Crippen LogP contribution in [0.5, 0.6) is 5.75 Å². The Bertz CT molecular complexity index is 859. The van der Waals surface area contributed by atoms with Gasteiger partial charge in [-0.2, -0.15) is 13.2 Å². The van der Waals surface area contributed by atoms with Gasteiger partial charge in [-0.05, 0) is 29.8 Å². The molecule has 0 aromatic heterocycles. The molecule has 0 saturated carbocycles. The molecule has 0 aliphatic rings. The van der Waals surface area contributed by atoms with Crippen molar-refractivity contribution in [3.8, 4) is 16.9 Å². The molecule has 5 nitrogen and oxygen atoms in total. The zero-order chi connectivity index (χ0) is 20.4. The number of carboxylic acids is 1. The molecule has 0 aliphatic heterocycles. The minimum atomic E-state index is -4.92. The monoisotopic (exact) mass is 393 g/mol. The van der Waals surface area contributed by atoms with Gasteiger partial charge in [-0.3, -0.25) is 4.79 Å². The Morgan fingerprint density at radius 3 is 2.00 bits per heavy atom. The van der Waals surface area contributed by atoms with Crippen LogP contribution < -0.4 is 10.1 Å². The number of carbonyl (C=O) groups is 2. The van der Waals surface area contributed by atoms with E-state index in [1.165, 1.54) is 0 Å². The molecule has 0 radical (unpaired) electrons. The van der Waals surface area contributed by atoms with Crippen LogP contribution in [0.4, 0.5) is 32.0 Å². The van der Waals surface area contributed by atoms with Gasteiger partial charge in [0.2, 0.25) is 0 Å². The van der Waals surface area contributed by atoms with Gasteiger partial charge in [0, 0.05) is 11.3 Å². The molecule has 0 bridgehead atoms. The number of alkyl halides is 6. The van der Waals surface area contributed by atoms with Crippen LogP contribution in [0.25, 0.3) is 11.1 Å². The first-order chi connectivity index (χ1) is 12.4. The van der Waals surface area contributed by atoms with Crippen molar-refractivity contribution in [3.63, 3.8) is 0 Å². The van der Waals surface area contributed by atoms with Gasteiger partial charge in [0.15, 0.2) is 0 Å². The van der Waals surface area contributed by atoms with Gasteiger partial charge < -0.3 is 15.2 Å². The second kappa shape index (κ2) is 7.17. The van der Waals surface area contributed by atoms with Crippen LogP contribution in [-0.4, -0.2) is 23.3 Å². The summed E-state index contributed by atoms with van der Waals surface area (Å²) in [5.41, 5.74) is -1.53. The van der Waals surface area contributed by atoms with Crippen molar-refractivity contribution in [1.29, 1.82) is 0 Å². The number of ether oxygens (including phenoxy) is 1. The Morgan fingerprint density at radius 2 is 1.52 bits per heavy atom. The van der Waals surface area contributed by atoms with Crippen molar-refractivity contribution in [2.45, 2.75) is 12.5 Å². The second-order valence-corrected chi connectivity index (χ2v) is 5.09. The molecule has 0 fully saturated rings. The van der Waals surface area contributed by atoms with E-state index in [1.807, 2.05) is 5.32 Å². The van der Waals surface area contributed by atoms with Crippen molar-refractivity contribution in [3.05, 3.63) is 48.0 Å². The molecule has 0 spiro atoms. The fraction of sp³-hybridized carbons (Fsp3) is 0.125. The fourth-order valence-electron chi connectivity index (χ4n) is 2.09. The van der Waals surface area contributed by atoms with Crippen molar-refractivity contribution >= 4 is 17.6 Å². The standard InChI is InChI=1S/C16H9F6NO4/c17-15(18,19)9-3-6-11(12(7-9)23-13(24)14(25)26)8-1-4-10(5-2-8)27-16(20,21)22/h1-7H,(H,23,24)(H,25,26). The molecule has 1 amide bonds. The average molecular weight is 393 g/mol. The summed E-state index contributed by atoms with van der Waals surface area (Å²) < 4.78 is 78.8. The topological polar surface area (TPSA) is 75.6 Å². The van der Waals surface area contributed by atoms with Crippen molar-refractivity contribution < 1.29 is 45.8 Å². The third-order valence-electron chi connectivity index (χ3n) is 3.19. The highest BCUT2D eigenvalue weighted by Gasteiger charge is 2.32. The molecule has 0 saturated heterocycles. The maximum absolute atomic E-state index is 12.9. The summed E-state index contributed by atoms with van der Waals surface area (Å²) in [4.78, 5) is 22.0. The maximum Gasteiger partial charge on any atom is 0.573 e. The molecule has 2 aromatic rings. The normalized spacial score (nSPS) is 11.8.